The van der Waals surface area contributed by atoms with Crippen LogP contribution in [0.2, 0.25) is 0 Å². The molecule has 0 unspecified atom stereocenters. The quantitative estimate of drug-likeness (QED) is 0.652. The summed E-state index contributed by atoms with van der Waals surface area (Å²) in [5, 5.41) is 0. The van der Waals surface area contributed by atoms with Gasteiger partial charge in [0.15, 0.2) is 0 Å². The molecule has 1 saturated heterocycles. The van der Waals surface area contributed by atoms with Gasteiger partial charge in [0.05, 0.1) is 12.2 Å². The van der Waals surface area contributed by atoms with Crippen LogP contribution in [0.4, 0.5) is 0 Å². The maximum absolute atomic E-state index is 5.98. The third kappa shape index (κ3) is 1.86. The normalized spacial score (nSPS) is 29.6. The van der Waals surface area contributed by atoms with Gasteiger partial charge in [-0.25, -0.2) is 0 Å². The summed E-state index contributed by atoms with van der Waals surface area (Å²) in [6, 6.07) is 0. The third-order valence-corrected chi connectivity index (χ3v) is 3.77. The predicted molar refractivity (Wildman–Crippen MR) is 58.1 cm³/mol. The van der Waals surface area contributed by atoms with Crippen molar-refractivity contribution in [3.63, 3.8) is 0 Å². The molecule has 2 fully saturated rings. The molecule has 0 bridgehead atoms. The Morgan fingerprint density at radius 1 is 1.43 bits per heavy atom. The van der Waals surface area contributed by atoms with Crippen LogP contribution < -0.4 is 5.73 Å². The van der Waals surface area contributed by atoms with Crippen LogP contribution in [0.15, 0.2) is 11.1 Å². The van der Waals surface area contributed by atoms with Crippen LogP contribution in [0.25, 0.3) is 0 Å². The highest BCUT2D eigenvalue weighted by Crippen LogP contribution is 2.42. The van der Waals surface area contributed by atoms with Crippen molar-refractivity contribution >= 4 is 0 Å². The highest BCUT2D eigenvalue weighted by atomic mass is 16.5. The Hall–Kier alpha value is -0.340. The average Bonchev–Trinajstić information content (AvgIpc) is 2.65. The fraction of sp³-hybridized carbons (Fsp3) is 0.833. The molecular weight excluding hydrogens is 174 g/mol. The SMILES string of the molecule is C/C(CN)=C1\CCOC2(CCCC2)C1. The van der Waals surface area contributed by atoms with Gasteiger partial charge in [0, 0.05) is 6.54 Å². The third-order valence-electron chi connectivity index (χ3n) is 3.77. The lowest BCUT2D eigenvalue weighted by atomic mass is 9.86. The van der Waals surface area contributed by atoms with Crippen molar-refractivity contribution in [2.75, 3.05) is 13.2 Å². The topological polar surface area (TPSA) is 35.2 Å². The summed E-state index contributed by atoms with van der Waals surface area (Å²) < 4.78 is 5.98. The van der Waals surface area contributed by atoms with Gasteiger partial charge in [-0.2, -0.15) is 0 Å². The Morgan fingerprint density at radius 3 is 2.79 bits per heavy atom. The van der Waals surface area contributed by atoms with E-state index >= 15 is 0 Å². The van der Waals surface area contributed by atoms with Gasteiger partial charge in [0.25, 0.3) is 0 Å². The molecule has 2 heteroatoms. The van der Waals surface area contributed by atoms with E-state index in [-0.39, 0.29) is 5.60 Å². The summed E-state index contributed by atoms with van der Waals surface area (Å²) >= 11 is 0. The standard InChI is InChI=1S/C12H21NO/c1-10(9-13)11-4-7-14-12(8-11)5-2-3-6-12/h2-9,13H2,1H3/b11-10-. The van der Waals surface area contributed by atoms with Gasteiger partial charge in [0.1, 0.15) is 0 Å². The van der Waals surface area contributed by atoms with E-state index in [9.17, 15) is 0 Å². The molecule has 1 spiro atoms. The molecule has 14 heavy (non-hydrogen) atoms. The van der Waals surface area contributed by atoms with E-state index < -0.39 is 0 Å². The van der Waals surface area contributed by atoms with E-state index in [0.717, 1.165) is 19.4 Å². The fourth-order valence-electron chi connectivity index (χ4n) is 2.77. The molecule has 2 nitrogen and oxygen atoms in total. The molecule has 80 valence electrons. The lowest BCUT2D eigenvalue weighted by Crippen LogP contribution is -2.34. The lowest BCUT2D eigenvalue weighted by Gasteiger charge is -2.36. The van der Waals surface area contributed by atoms with E-state index in [4.69, 9.17) is 10.5 Å². The van der Waals surface area contributed by atoms with Crippen molar-refractivity contribution in [1.82, 2.24) is 0 Å². The second-order valence-corrected chi connectivity index (χ2v) is 4.75. The molecule has 2 N–H and O–H groups in total. The van der Waals surface area contributed by atoms with Crippen LogP contribution in [0.3, 0.4) is 0 Å². The molecular formula is C12H21NO. The zero-order valence-corrected chi connectivity index (χ0v) is 9.14. The smallest absolute Gasteiger partial charge is 0.0719 e. The Balaban J connectivity index is 2.10. The number of ether oxygens (including phenoxy) is 1. The first-order valence-corrected chi connectivity index (χ1v) is 5.77. The molecule has 1 aliphatic heterocycles. The van der Waals surface area contributed by atoms with E-state index in [0.29, 0.717) is 6.54 Å². The number of hydrogen-bond donors (Lipinski definition) is 1. The second kappa shape index (κ2) is 4.03. The van der Waals surface area contributed by atoms with Crippen LogP contribution in [-0.2, 0) is 4.74 Å². The molecule has 0 aromatic rings. The number of nitrogens with two attached hydrogens (primary N) is 1. The average molecular weight is 195 g/mol. The zero-order chi connectivity index (χ0) is 10.0. The van der Waals surface area contributed by atoms with Gasteiger partial charge in [-0.15, -0.1) is 0 Å². The van der Waals surface area contributed by atoms with Crippen LogP contribution in [0.1, 0.15) is 45.4 Å². The summed E-state index contributed by atoms with van der Waals surface area (Å²) in [6.45, 7) is 3.79. The summed E-state index contributed by atoms with van der Waals surface area (Å²) in [4.78, 5) is 0. The minimum Gasteiger partial charge on any atom is -0.374 e. The van der Waals surface area contributed by atoms with Crippen molar-refractivity contribution < 1.29 is 4.74 Å². The van der Waals surface area contributed by atoms with Crippen molar-refractivity contribution in [2.24, 2.45) is 5.73 Å². The molecule has 1 aliphatic carbocycles. The maximum atomic E-state index is 5.98. The molecule has 1 saturated carbocycles. The van der Waals surface area contributed by atoms with E-state index in [1.807, 2.05) is 0 Å². The van der Waals surface area contributed by atoms with Crippen LogP contribution in [-0.4, -0.2) is 18.8 Å². The number of rotatable bonds is 1. The van der Waals surface area contributed by atoms with Gasteiger partial charge in [0.2, 0.25) is 0 Å². The monoisotopic (exact) mass is 195 g/mol. The molecule has 0 aromatic carbocycles. The molecule has 2 rings (SSSR count). The summed E-state index contributed by atoms with van der Waals surface area (Å²) in [7, 11) is 0. The van der Waals surface area contributed by atoms with Gasteiger partial charge in [-0.1, -0.05) is 24.0 Å². The number of hydrogen-bond acceptors (Lipinski definition) is 2. The van der Waals surface area contributed by atoms with Crippen LogP contribution in [0, 0.1) is 0 Å². The predicted octanol–water partition coefficient (Wildman–Crippen LogP) is 2.38. The van der Waals surface area contributed by atoms with Crippen LogP contribution in [0.5, 0.6) is 0 Å². The van der Waals surface area contributed by atoms with Gasteiger partial charge >= 0.3 is 0 Å². The Bertz CT molecular complexity index is 239. The Morgan fingerprint density at radius 2 is 2.14 bits per heavy atom. The molecule has 0 atom stereocenters. The highest BCUT2D eigenvalue weighted by Gasteiger charge is 2.38. The van der Waals surface area contributed by atoms with Crippen molar-refractivity contribution in [3.8, 4) is 0 Å². The van der Waals surface area contributed by atoms with E-state index in [2.05, 4.69) is 6.92 Å². The maximum Gasteiger partial charge on any atom is 0.0719 e. The Kier molecular flexibility index (Phi) is 2.93. The second-order valence-electron chi connectivity index (χ2n) is 4.75. The van der Waals surface area contributed by atoms with Crippen molar-refractivity contribution in [1.29, 1.82) is 0 Å². The summed E-state index contributed by atoms with van der Waals surface area (Å²) in [5.74, 6) is 0. The van der Waals surface area contributed by atoms with Gasteiger partial charge < -0.3 is 10.5 Å². The zero-order valence-electron chi connectivity index (χ0n) is 9.14. The van der Waals surface area contributed by atoms with Crippen molar-refractivity contribution in [2.45, 2.75) is 51.0 Å². The Labute approximate surface area is 86.5 Å². The molecule has 0 amide bonds. The lowest BCUT2D eigenvalue weighted by molar-refractivity contribution is -0.0562. The van der Waals surface area contributed by atoms with Gasteiger partial charge in [-0.3, -0.25) is 0 Å². The molecule has 0 aromatic heterocycles. The molecule has 0 radical (unpaired) electrons. The summed E-state index contributed by atoms with van der Waals surface area (Å²) in [5.41, 5.74) is 8.86. The van der Waals surface area contributed by atoms with Crippen LogP contribution >= 0.6 is 0 Å². The first kappa shape index (κ1) is 10.2. The van der Waals surface area contributed by atoms with Crippen molar-refractivity contribution in [3.05, 3.63) is 11.1 Å². The van der Waals surface area contributed by atoms with E-state index in [1.165, 1.54) is 31.3 Å². The molecule has 2 aliphatic rings. The first-order valence-electron chi connectivity index (χ1n) is 5.77. The molecule has 1 heterocycles. The fourth-order valence-corrected chi connectivity index (χ4v) is 2.77. The summed E-state index contributed by atoms with van der Waals surface area (Å²) in [6.07, 6.45) is 7.45. The minimum absolute atomic E-state index is 0.212. The largest absolute Gasteiger partial charge is 0.374 e. The van der Waals surface area contributed by atoms with E-state index in [1.54, 1.807) is 5.57 Å². The first-order chi connectivity index (χ1) is 6.76. The minimum atomic E-state index is 0.212. The highest BCUT2D eigenvalue weighted by molar-refractivity contribution is 5.18. The van der Waals surface area contributed by atoms with Gasteiger partial charge in [-0.05, 0) is 32.6 Å².